The van der Waals surface area contributed by atoms with Gasteiger partial charge in [-0.3, -0.25) is 14.4 Å². The molecule has 0 spiro atoms. The highest BCUT2D eigenvalue weighted by Crippen LogP contribution is 2.28. The number of piperidine rings is 1. The van der Waals surface area contributed by atoms with E-state index < -0.39 is 11.7 Å². The van der Waals surface area contributed by atoms with Crippen LogP contribution in [0.4, 0.5) is 10.2 Å². The summed E-state index contributed by atoms with van der Waals surface area (Å²) in [5.41, 5.74) is 1.34. The molecular formula is C23H26FN7O3. The smallest absolute Gasteiger partial charge is 0.280 e. The number of anilines is 1. The van der Waals surface area contributed by atoms with Gasteiger partial charge in [0.25, 0.3) is 11.5 Å². The van der Waals surface area contributed by atoms with Gasteiger partial charge in [-0.25, -0.2) is 9.37 Å². The summed E-state index contributed by atoms with van der Waals surface area (Å²) < 4.78 is 16.0. The van der Waals surface area contributed by atoms with Crippen molar-refractivity contribution in [1.29, 1.82) is 0 Å². The molecule has 0 bridgehead atoms. The third-order valence-electron chi connectivity index (χ3n) is 6.60. The lowest BCUT2D eigenvalue weighted by atomic mass is 10.0. The molecule has 2 aliphatic heterocycles. The molecule has 0 unspecified atom stereocenters. The van der Waals surface area contributed by atoms with Crippen LogP contribution in [0.3, 0.4) is 0 Å². The predicted octanol–water partition coefficient (Wildman–Crippen LogP) is 1.28. The first-order valence-electron chi connectivity index (χ1n) is 11.4. The van der Waals surface area contributed by atoms with Gasteiger partial charge < -0.3 is 19.7 Å². The number of carbonyl (C=O) groups excluding carboxylic acids is 2. The number of nitrogens with one attached hydrogen (secondary N) is 1. The Morgan fingerprint density at radius 1 is 1.24 bits per heavy atom. The van der Waals surface area contributed by atoms with Gasteiger partial charge in [0.2, 0.25) is 5.91 Å². The molecule has 178 valence electrons. The van der Waals surface area contributed by atoms with Crippen LogP contribution in [-0.4, -0.2) is 67.0 Å². The second-order valence-electron chi connectivity index (χ2n) is 8.86. The van der Waals surface area contributed by atoms with Crippen LogP contribution in [0.1, 0.15) is 41.5 Å². The summed E-state index contributed by atoms with van der Waals surface area (Å²) in [5, 5.41) is 7.03. The van der Waals surface area contributed by atoms with Crippen molar-refractivity contribution in [3.8, 4) is 0 Å². The van der Waals surface area contributed by atoms with E-state index in [0.29, 0.717) is 23.3 Å². The molecule has 5 rings (SSSR count). The Morgan fingerprint density at radius 3 is 2.68 bits per heavy atom. The third kappa shape index (κ3) is 3.85. The number of amides is 2. The normalized spacial score (nSPS) is 16.9. The number of fused-ring (bicyclic) bond motifs is 2. The van der Waals surface area contributed by atoms with Crippen molar-refractivity contribution < 1.29 is 14.0 Å². The zero-order chi connectivity index (χ0) is 24.0. The number of nitrogens with zero attached hydrogens (tertiary/aromatic N) is 6. The van der Waals surface area contributed by atoms with Gasteiger partial charge in [-0.1, -0.05) is 6.92 Å². The van der Waals surface area contributed by atoms with Crippen molar-refractivity contribution in [3.63, 3.8) is 0 Å². The third-order valence-corrected chi connectivity index (χ3v) is 6.60. The minimum atomic E-state index is -0.510. The molecule has 10 nitrogen and oxygen atoms in total. The molecule has 0 aromatic carbocycles. The first-order valence-corrected chi connectivity index (χ1v) is 11.4. The van der Waals surface area contributed by atoms with Gasteiger partial charge in [0, 0.05) is 12.1 Å². The number of halogens is 1. The molecule has 2 amide bonds. The van der Waals surface area contributed by atoms with Crippen LogP contribution in [0.25, 0.3) is 5.65 Å². The van der Waals surface area contributed by atoms with E-state index in [1.54, 1.807) is 15.5 Å². The second kappa shape index (κ2) is 8.64. The molecule has 2 aliphatic rings. The van der Waals surface area contributed by atoms with Crippen LogP contribution in [0, 0.1) is 5.82 Å². The van der Waals surface area contributed by atoms with E-state index in [9.17, 15) is 18.8 Å². The molecule has 1 saturated heterocycles. The fraction of sp³-hybridized carbons (Fsp3) is 0.435. The number of hydrogen-bond donors (Lipinski definition) is 1. The molecule has 0 atom stereocenters. The Kier molecular flexibility index (Phi) is 5.64. The largest absolute Gasteiger partial charge is 0.330 e. The average Bonchev–Trinajstić information content (AvgIpc) is 3.41. The van der Waals surface area contributed by atoms with Crippen LogP contribution in [-0.2, 0) is 24.3 Å². The monoisotopic (exact) mass is 467 g/mol. The Morgan fingerprint density at radius 2 is 2.00 bits per heavy atom. The lowest BCUT2D eigenvalue weighted by Gasteiger charge is -2.34. The molecule has 1 N–H and O–H groups in total. The standard InChI is InChI=1S/C23H26FN7O3/c1-3-15-10-20-30(13-19(32)26-18-5-4-14(24)11-25-18)21-17(22(33)31(20)27-15)12-29(23(21)34)16-6-8-28(2)9-7-16/h4-5,10-11,16H,3,6-9,12-13H2,1-2H3,(H,25,26,32). The van der Waals surface area contributed by atoms with Crippen molar-refractivity contribution >= 4 is 23.3 Å². The Balaban J connectivity index is 1.53. The second-order valence-corrected chi connectivity index (χ2v) is 8.86. The van der Waals surface area contributed by atoms with Crippen LogP contribution < -0.4 is 10.9 Å². The van der Waals surface area contributed by atoms with Crippen molar-refractivity contribution in [3.05, 3.63) is 57.5 Å². The first kappa shape index (κ1) is 22.2. The summed E-state index contributed by atoms with van der Waals surface area (Å²) in [5.74, 6) is -1.00. The maximum atomic E-state index is 13.6. The fourth-order valence-electron chi connectivity index (χ4n) is 4.74. The van der Waals surface area contributed by atoms with Gasteiger partial charge in [-0.2, -0.15) is 9.61 Å². The number of likely N-dealkylation sites (tertiary alicyclic amines) is 1. The summed E-state index contributed by atoms with van der Waals surface area (Å²) >= 11 is 0. The number of carbonyl (C=O) groups is 2. The number of rotatable bonds is 5. The lowest BCUT2D eigenvalue weighted by Crippen LogP contribution is -2.44. The molecule has 1 fully saturated rings. The van der Waals surface area contributed by atoms with Gasteiger partial charge in [0.15, 0.2) is 0 Å². The van der Waals surface area contributed by atoms with E-state index in [0.717, 1.165) is 32.1 Å². The number of hydrogen-bond acceptors (Lipinski definition) is 6. The van der Waals surface area contributed by atoms with Crippen LogP contribution in [0.2, 0.25) is 0 Å². The summed E-state index contributed by atoms with van der Waals surface area (Å²) in [4.78, 5) is 47.6. The molecule has 3 aromatic rings. The minimum absolute atomic E-state index is 0.0414. The van der Waals surface area contributed by atoms with Crippen molar-refractivity contribution in [2.75, 3.05) is 25.5 Å². The van der Waals surface area contributed by atoms with Crippen LogP contribution >= 0.6 is 0 Å². The zero-order valence-electron chi connectivity index (χ0n) is 19.1. The fourth-order valence-corrected chi connectivity index (χ4v) is 4.74. The highest BCUT2D eigenvalue weighted by atomic mass is 19.1. The van der Waals surface area contributed by atoms with Crippen LogP contribution in [0.5, 0.6) is 0 Å². The molecular weight excluding hydrogens is 441 g/mol. The van der Waals surface area contributed by atoms with Gasteiger partial charge in [-0.05, 0) is 51.5 Å². The van der Waals surface area contributed by atoms with E-state index in [4.69, 9.17) is 0 Å². The summed E-state index contributed by atoms with van der Waals surface area (Å²) in [6.07, 6.45) is 3.28. The SMILES string of the molecule is CCc1cc2n(CC(=O)Nc3ccc(F)cn3)c3c(c(=O)n2n1)CN(C1CCN(C)CC1)C3=O. The quantitative estimate of drug-likeness (QED) is 0.606. The Bertz CT molecular complexity index is 1320. The van der Waals surface area contributed by atoms with E-state index in [1.807, 2.05) is 6.92 Å². The molecule has 3 aromatic heterocycles. The summed E-state index contributed by atoms with van der Waals surface area (Å²) in [6.45, 7) is 3.67. The summed E-state index contributed by atoms with van der Waals surface area (Å²) in [7, 11) is 2.05. The Hall–Kier alpha value is -3.60. The van der Waals surface area contributed by atoms with Gasteiger partial charge in [0.1, 0.15) is 29.5 Å². The maximum Gasteiger partial charge on any atom is 0.280 e. The highest BCUT2D eigenvalue weighted by Gasteiger charge is 2.39. The topological polar surface area (TPSA) is 105 Å². The number of aryl methyl sites for hydroxylation is 1. The van der Waals surface area contributed by atoms with Crippen LogP contribution in [0.15, 0.2) is 29.2 Å². The van der Waals surface area contributed by atoms with E-state index in [2.05, 4.69) is 27.3 Å². The summed E-state index contributed by atoms with van der Waals surface area (Å²) in [6, 6.07) is 4.33. The molecule has 0 radical (unpaired) electrons. The predicted molar refractivity (Wildman–Crippen MR) is 122 cm³/mol. The van der Waals surface area contributed by atoms with E-state index in [1.165, 1.54) is 16.6 Å². The maximum absolute atomic E-state index is 13.6. The molecule has 0 aliphatic carbocycles. The van der Waals surface area contributed by atoms with Gasteiger partial charge in [-0.15, -0.1) is 0 Å². The van der Waals surface area contributed by atoms with Gasteiger partial charge >= 0.3 is 0 Å². The Labute approximate surface area is 195 Å². The first-order chi connectivity index (χ1) is 16.4. The van der Waals surface area contributed by atoms with Crippen molar-refractivity contribution in [1.82, 2.24) is 29.0 Å². The number of pyridine rings is 1. The van der Waals surface area contributed by atoms with Gasteiger partial charge in [0.05, 0.1) is 24.0 Å². The van der Waals surface area contributed by atoms with E-state index >= 15 is 0 Å². The highest BCUT2D eigenvalue weighted by molar-refractivity contribution is 5.98. The lowest BCUT2D eigenvalue weighted by molar-refractivity contribution is -0.116. The minimum Gasteiger partial charge on any atom is -0.330 e. The molecule has 5 heterocycles. The number of aromatic nitrogens is 4. The van der Waals surface area contributed by atoms with Crippen molar-refractivity contribution in [2.45, 2.75) is 45.3 Å². The zero-order valence-corrected chi connectivity index (χ0v) is 19.1. The van der Waals surface area contributed by atoms with E-state index in [-0.39, 0.29) is 42.1 Å². The average molecular weight is 468 g/mol. The molecule has 34 heavy (non-hydrogen) atoms. The molecule has 0 saturated carbocycles. The van der Waals surface area contributed by atoms with Crippen molar-refractivity contribution in [2.24, 2.45) is 0 Å². The molecule has 11 heteroatoms.